The fourth-order valence-corrected chi connectivity index (χ4v) is 2.46. The predicted octanol–water partition coefficient (Wildman–Crippen LogP) is 2.36. The minimum Gasteiger partial charge on any atom is -0.481 e. The topological polar surface area (TPSA) is 58.6 Å². The zero-order valence-electron chi connectivity index (χ0n) is 12.5. The van der Waals surface area contributed by atoms with E-state index in [2.05, 4.69) is 5.32 Å². The average Bonchev–Trinajstić information content (AvgIpc) is 2.53. The fourth-order valence-electron chi connectivity index (χ4n) is 2.46. The molecule has 2 aromatic rings. The van der Waals surface area contributed by atoms with Crippen LogP contribution in [-0.2, 0) is 16.0 Å². The van der Waals surface area contributed by atoms with Gasteiger partial charge < -0.3 is 15.0 Å². The smallest absolute Gasteiger partial charge is 0.264 e. The number of benzene rings is 2. The average molecular weight is 314 g/mol. The van der Waals surface area contributed by atoms with Gasteiger partial charge in [0.1, 0.15) is 17.3 Å². The van der Waals surface area contributed by atoms with Gasteiger partial charge >= 0.3 is 0 Å². The number of ether oxygens (including phenoxy) is 1. The number of hydrogen-bond acceptors (Lipinski definition) is 3. The molecule has 0 aromatic heterocycles. The van der Waals surface area contributed by atoms with Crippen molar-refractivity contribution in [2.75, 3.05) is 23.9 Å². The Labute approximate surface area is 132 Å². The molecule has 5 nitrogen and oxygen atoms in total. The number of hydrogen-bond donors (Lipinski definition) is 1. The summed E-state index contributed by atoms with van der Waals surface area (Å²) in [5, 5.41) is 2.72. The van der Waals surface area contributed by atoms with E-state index in [9.17, 15) is 14.0 Å². The summed E-state index contributed by atoms with van der Waals surface area (Å²) in [7, 11) is 1.62. The maximum absolute atomic E-state index is 13.6. The molecule has 1 aliphatic rings. The molecule has 0 fully saturated rings. The Balaban J connectivity index is 1.82. The number of fused-ring (bicyclic) bond motifs is 1. The summed E-state index contributed by atoms with van der Waals surface area (Å²) < 4.78 is 19.0. The van der Waals surface area contributed by atoms with Gasteiger partial charge in [-0.3, -0.25) is 9.59 Å². The van der Waals surface area contributed by atoms with Crippen LogP contribution < -0.4 is 15.0 Å². The van der Waals surface area contributed by atoms with Gasteiger partial charge in [-0.25, -0.2) is 4.39 Å². The molecule has 6 heteroatoms. The van der Waals surface area contributed by atoms with Gasteiger partial charge in [0.2, 0.25) is 5.91 Å². The Hall–Kier alpha value is -2.89. The molecule has 118 valence electrons. The van der Waals surface area contributed by atoms with Crippen molar-refractivity contribution in [1.29, 1.82) is 0 Å². The maximum Gasteiger partial charge on any atom is 0.264 e. The monoisotopic (exact) mass is 314 g/mol. The molecule has 1 N–H and O–H groups in total. The van der Waals surface area contributed by atoms with Crippen LogP contribution in [0.15, 0.2) is 42.5 Å². The van der Waals surface area contributed by atoms with Crippen LogP contribution in [0.3, 0.4) is 0 Å². The zero-order chi connectivity index (χ0) is 16.4. The van der Waals surface area contributed by atoms with Crippen LogP contribution in [0.4, 0.5) is 15.8 Å². The third-order valence-corrected chi connectivity index (χ3v) is 3.64. The minimum atomic E-state index is -0.423. The van der Waals surface area contributed by atoms with Gasteiger partial charge in [-0.2, -0.15) is 0 Å². The van der Waals surface area contributed by atoms with Crippen LogP contribution in [0, 0.1) is 5.82 Å². The first-order valence-electron chi connectivity index (χ1n) is 7.12. The molecule has 1 heterocycles. The highest BCUT2D eigenvalue weighted by Gasteiger charge is 2.25. The number of likely N-dealkylation sites (N-methyl/N-ethyl adjacent to an activating group) is 1. The van der Waals surface area contributed by atoms with Crippen LogP contribution >= 0.6 is 0 Å². The van der Waals surface area contributed by atoms with Crippen LogP contribution in [0.5, 0.6) is 5.75 Å². The molecular formula is C17H15FN2O3. The Morgan fingerprint density at radius 3 is 2.83 bits per heavy atom. The van der Waals surface area contributed by atoms with Crippen molar-refractivity contribution >= 4 is 23.2 Å². The third-order valence-electron chi connectivity index (χ3n) is 3.64. The summed E-state index contributed by atoms with van der Waals surface area (Å²) in [6.45, 7) is -0.0316. The van der Waals surface area contributed by atoms with E-state index in [1.807, 2.05) is 0 Å². The largest absolute Gasteiger partial charge is 0.481 e. The Bertz CT molecular complexity index is 776. The van der Waals surface area contributed by atoms with E-state index in [-0.39, 0.29) is 24.8 Å². The number of para-hydroxylation sites is 1. The SMILES string of the molecule is CN1C(=O)COc2cccc(NC(=O)Cc3ccccc3F)c21. The molecule has 0 saturated heterocycles. The number of nitrogens with one attached hydrogen (secondary N) is 1. The van der Waals surface area contributed by atoms with Gasteiger partial charge in [0, 0.05) is 7.05 Å². The van der Waals surface area contributed by atoms with Gasteiger partial charge in [-0.1, -0.05) is 24.3 Å². The second-order valence-corrected chi connectivity index (χ2v) is 5.21. The first-order valence-corrected chi connectivity index (χ1v) is 7.12. The zero-order valence-corrected chi connectivity index (χ0v) is 12.5. The fraction of sp³-hybridized carbons (Fsp3) is 0.176. The minimum absolute atomic E-state index is 0.0316. The Morgan fingerprint density at radius 2 is 2.04 bits per heavy atom. The summed E-state index contributed by atoms with van der Waals surface area (Å²) in [6.07, 6.45) is -0.0884. The van der Waals surface area contributed by atoms with Gasteiger partial charge in [0.05, 0.1) is 12.1 Å². The van der Waals surface area contributed by atoms with Crippen molar-refractivity contribution in [2.45, 2.75) is 6.42 Å². The van der Waals surface area contributed by atoms with Gasteiger partial charge in [0.15, 0.2) is 6.61 Å². The highest BCUT2D eigenvalue weighted by molar-refractivity contribution is 6.04. The van der Waals surface area contributed by atoms with E-state index in [4.69, 9.17) is 4.74 Å². The number of halogens is 1. The molecule has 0 bridgehead atoms. The molecule has 23 heavy (non-hydrogen) atoms. The second kappa shape index (κ2) is 6.08. The third kappa shape index (κ3) is 3.01. The molecule has 3 rings (SSSR count). The van der Waals surface area contributed by atoms with Crippen LogP contribution in [0.1, 0.15) is 5.56 Å². The number of carbonyl (C=O) groups is 2. The lowest BCUT2D eigenvalue weighted by molar-refractivity contribution is -0.121. The first-order chi connectivity index (χ1) is 11.1. The number of carbonyl (C=O) groups excluding carboxylic acids is 2. The van der Waals surface area contributed by atoms with E-state index in [0.29, 0.717) is 22.7 Å². The molecule has 0 atom stereocenters. The van der Waals surface area contributed by atoms with Gasteiger partial charge in [0.25, 0.3) is 5.91 Å². The normalized spacial score (nSPS) is 13.3. The molecule has 0 unspecified atom stereocenters. The van der Waals surface area contributed by atoms with Crippen molar-refractivity contribution in [1.82, 2.24) is 0 Å². The van der Waals surface area contributed by atoms with Gasteiger partial charge in [-0.05, 0) is 23.8 Å². The maximum atomic E-state index is 13.6. The first kappa shape index (κ1) is 15.0. The van der Waals surface area contributed by atoms with Crippen molar-refractivity contribution in [2.24, 2.45) is 0 Å². The number of rotatable bonds is 3. The van der Waals surface area contributed by atoms with E-state index in [1.165, 1.54) is 11.0 Å². The van der Waals surface area contributed by atoms with Crippen LogP contribution in [0.25, 0.3) is 0 Å². The Morgan fingerprint density at radius 1 is 1.26 bits per heavy atom. The summed E-state index contributed by atoms with van der Waals surface area (Å²) in [5.41, 5.74) is 1.28. The van der Waals surface area contributed by atoms with Crippen molar-refractivity contribution in [3.63, 3.8) is 0 Å². The van der Waals surface area contributed by atoms with E-state index in [0.717, 1.165) is 0 Å². The van der Waals surface area contributed by atoms with E-state index < -0.39 is 5.82 Å². The molecule has 2 aromatic carbocycles. The quantitative estimate of drug-likeness (QED) is 0.946. The summed E-state index contributed by atoms with van der Waals surface area (Å²) in [6, 6.07) is 11.3. The number of nitrogens with zero attached hydrogens (tertiary/aromatic N) is 1. The molecule has 0 radical (unpaired) electrons. The van der Waals surface area contributed by atoms with Crippen LogP contribution in [0.2, 0.25) is 0 Å². The number of anilines is 2. The number of amides is 2. The predicted molar refractivity (Wildman–Crippen MR) is 84.1 cm³/mol. The molecule has 0 saturated carbocycles. The van der Waals surface area contributed by atoms with Crippen LogP contribution in [-0.4, -0.2) is 25.5 Å². The lowest BCUT2D eigenvalue weighted by Gasteiger charge is -2.28. The van der Waals surface area contributed by atoms with Crippen molar-refractivity contribution in [3.05, 3.63) is 53.8 Å². The summed E-state index contributed by atoms with van der Waals surface area (Å²) >= 11 is 0. The van der Waals surface area contributed by atoms with E-state index >= 15 is 0 Å². The molecular weight excluding hydrogens is 299 g/mol. The van der Waals surface area contributed by atoms with Gasteiger partial charge in [-0.15, -0.1) is 0 Å². The standard InChI is InChI=1S/C17H15FN2O3/c1-20-16(22)10-23-14-8-4-7-13(17(14)20)19-15(21)9-11-5-2-3-6-12(11)18/h2-8H,9-10H2,1H3,(H,19,21). The molecule has 0 aliphatic carbocycles. The highest BCUT2D eigenvalue weighted by Crippen LogP contribution is 2.38. The molecule has 0 spiro atoms. The highest BCUT2D eigenvalue weighted by atomic mass is 19.1. The Kier molecular flexibility index (Phi) is 3.97. The molecule has 2 amide bonds. The summed E-state index contributed by atoms with van der Waals surface area (Å²) in [4.78, 5) is 25.4. The van der Waals surface area contributed by atoms with Crippen molar-refractivity contribution < 1.29 is 18.7 Å². The summed E-state index contributed by atoms with van der Waals surface area (Å²) in [5.74, 6) is -0.465. The lowest BCUT2D eigenvalue weighted by Crippen LogP contribution is -2.36. The molecule has 1 aliphatic heterocycles. The lowest BCUT2D eigenvalue weighted by atomic mass is 10.1. The van der Waals surface area contributed by atoms with Crippen molar-refractivity contribution in [3.8, 4) is 5.75 Å². The van der Waals surface area contributed by atoms with E-state index in [1.54, 1.807) is 43.4 Å². The second-order valence-electron chi connectivity index (χ2n) is 5.21.